The van der Waals surface area contributed by atoms with Gasteiger partial charge in [0.05, 0.1) is 0 Å². The Hall–Kier alpha value is -0.810. The molecule has 0 aromatic heterocycles. The van der Waals surface area contributed by atoms with E-state index < -0.39 is 0 Å². The van der Waals surface area contributed by atoms with Gasteiger partial charge in [-0.05, 0) is 26.7 Å². The molecule has 1 rings (SSSR count). The van der Waals surface area contributed by atoms with Gasteiger partial charge in [0, 0.05) is 32.3 Å². The first kappa shape index (κ1) is 12.3. The van der Waals surface area contributed by atoms with Crippen molar-refractivity contribution in [3.63, 3.8) is 0 Å². The summed E-state index contributed by atoms with van der Waals surface area (Å²) >= 11 is 0. The third-order valence-electron chi connectivity index (χ3n) is 2.58. The highest BCUT2D eigenvalue weighted by Gasteiger charge is 2.20. The number of hydrogen-bond acceptors (Lipinski definition) is 3. The van der Waals surface area contributed by atoms with Gasteiger partial charge in [-0.2, -0.15) is 0 Å². The van der Waals surface area contributed by atoms with Crippen LogP contribution >= 0.6 is 0 Å². The molecule has 0 aromatic carbocycles. The summed E-state index contributed by atoms with van der Waals surface area (Å²) in [7, 11) is 2.02. The summed E-state index contributed by atoms with van der Waals surface area (Å²) in [5, 5.41) is 0. The molecule has 5 nitrogen and oxygen atoms in total. The first-order valence-corrected chi connectivity index (χ1v) is 5.50. The highest BCUT2D eigenvalue weighted by atomic mass is 16.5. The number of aliphatic imine (C=N–C) groups is 1. The molecule has 0 atom stereocenters. The summed E-state index contributed by atoms with van der Waals surface area (Å²) < 4.78 is 5.33. The quantitative estimate of drug-likeness (QED) is 0.301. The minimum atomic E-state index is 0.248. The van der Waals surface area contributed by atoms with Crippen LogP contribution in [0.3, 0.4) is 0 Å². The second kappa shape index (κ2) is 5.92. The second-order valence-electron chi connectivity index (χ2n) is 4.15. The molecule has 15 heavy (non-hydrogen) atoms. The fraction of sp³-hybridized carbons (Fsp3) is 0.900. The van der Waals surface area contributed by atoms with Crippen molar-refractivity contribution in [3.8, 4) is 0 Å². The van der Waals surface area contributed by atoms with Crippen LogP contribution in [0.5, 0.6) is 0 Å². The topological polar surface area (TPSA) is 62.9 Å². The zero-order valence-corrected chi connectivity index (χ0v) is 9.86. The Balaban J connectivity index is 2.58. The first-order chi connectivity index (χ1) is 7.15. The average molecular weight is 214 g/mol. The molecule has 0 radical (unpaired) electrons. The summed E-state index contributed by atoms with van der Waals surface area (Å²) in [4.78, 5) is 6.55. The Morgan fingerprint density at radius 2 is 2.07 bits per heavy atom. The lowest BCUT2D eigenvalue weighted by molar-refractivity contribution is 0.0596. The van der Waals surface area contributed by atoms with Crippen molar-refractivity contribution in [2.45, 2.75) is 38.8 Å². The minimum Gasteiger partial charge on any atom is -0.381 e. The van der Waals surface area contributed by atoms with Crippen LogP contribution in [0.15, 0.2) is 4.99 Å². The van der Waals surface area contributed by atoms with E-state index >= 15 is 0 Å². The van der Waals surface area contributed by atoms with Gasteiger partial charge in [0.25, 0.3) is 0 Å². The Kier molecular flexibility index (Phi) is 4.84. The minimum absolute atomic E-state index is 0.248. The Morgan fingerprint density at radius 1 is 1.47 bits per heavy atom. The smallest absolute Gasteiger partial charge is 0.208 e. The largest absolute Gasteiger partial charge is 0.381 e. The number of guanidine groups is 1. The standard InChI is InChI=1S/C10H22N4O/c1-8(2)12-10(13-11)14(3)9-4-6-15-7-5-9/h8-9H,4-7,11H2,1-3H3,(H,12,13). The lowest BCUT2D eigenvalue weighted by Crippen LogP contribution is -2.49. The van der Waals surface area contributed by atoms with Gasteiger partial charge in [0.15, 0.2) is 0 Å². The van der Waals surface area contributed by atoms with Gasteiger partial charge in [-0.3, -0.25) is 5.43 Å². The zero-order valence-electron chi connectivity index (χ0n) is 9.86. The van der Waals surface area contributed by atoms with Crippen LogP contribution in [0, 0.1) is 0 Å². The van der Waals surface area contributed by atoms with Crippen molar-refractivity contribution in [1.29, 1.82) is 0 Å². The monoisotopic (exact) mass is 214 g/mol. The molecule has 0 spiro atoms. The summed E-state index contributed by atoms with van der Waals surface area (Å²) in [5.41, 5.74) is 2.67. The van der Waals surface area contributed by atoms with E-state index in [1.54, 1.807) is 0 Å². The van der Waals surface area contributed by atoms with E-state index in [2.05, 4.69) is 15.3 Å². The van der Waals surface area contributed by atoms with E-state index in [0.717, 1.165) is 32.0 Å². The number of nitrogens with two attached hydrogens (primary N) is 1. The maximum atomic E-state index is 5.47. The molecular weight excluding hydrogens is 192 g/mol. The predicted octanol–water partition coefficient (Wildman–Crippen LogP) is 0.325. The summed E-state index contributed by atoms with van der Waals surface area (Å²) in [5.74, 6) is 6.24. The van der Waals surface area contributed by atoms with Gasteiger partial charge in [-0.25, -0.2) is 10.8 Å². The molecule has 1 saturated heterocycles. The summed E-state index contributed by atoms with van der Waals surface area (Å²) in [6.45, 7) is 5.73. The van der Waals surface area contributed by atoms with Crippen LogP contribution in [0.4, 0.5) is 0 Å². The Bertz CT molecular complexity index is 211. The van der Waals surface area contributed by atoms with E-state index in [4.69, 9.17) is 10.6 Å². The molecule has 88 valence electrons. The fourth-order valence-corrected chi connectivity index (χ4v) is 1.72. The zero-order chi connectivity index (χ0) is 11.3. The average Bonchev–Trinajstić information content (AvgIpc) is 2.26. The van der Waals surface area contributed by atoms with E-state index in [-0.39, 0.29) is 6.04 Å². The van der Waals surface area contributed by atoms with E-state index in [1.807, 2.05) is 20.9 Å². The highest BCUT2D eigenvalue weighted by Crippen LogP contribution is 2.12. The molecule has 3 N–H and O–H groups in total. The molecule has 1 fully saturated rings. The van der Waals surface area contributed by atoms with Gasteiger partial charge in [0.2, 0.25) is 5.96 Å². The van der Waals surface area contributed by atoms with Crippen molar-refractivity contribution in [3.05, 3.63) is 0 Å². The molecular formula is C10H22N4O. The lowest BCUT2D eigenvalue weighted by Gasteiger charge is -2.33. The number of rotatable bonds is 2. The maximum Gasteiger partial charge on any atom is 0.208 e. The molecule has 1 aliphatic rings. The van der Waals surface area contributed by atoms with Crippen molar-refractivity contribution < 1.29 is 4.74 Å². The van der Waals surface area contributed by atoms with Gasteiger partial charge in [-0.15, -0.1) is 0 Å². The SMILES string of the molecule is CC(C)N=C(NN)N(C)C1CCOCC1. The normalized spacial score (nSPS) is 19.4. The van der Waals surface area contributed by atoms with Crippen molar-refractivity contribution in [2.24, 2.45) is 10.8 Å². The van der Waals surface area contributed by atoms with E-state index in [0.29, 0.717) is 6.04 Å². The molecule has 0 saturated carbocycles. The molecule has 0 aromatic rings. The van der Waals surface area contributed by atoms with Gasteiger partial charge < -0.3 is 9.64 Å². The fourth-order valence-electron chi connectivity index (χ4n) is 1.72. The summed E-state index contributed by atoms with van der Waals surface area (Å²) in [6, 6.07) is 0.727. The molecule has 1 heterocycles. The highest BCUT2D eigenvalue weighted by molar-refractivity contribution is 5.79. The maximum absolute atomic E-state index is 5.47. The van der Waals surface area contributed by atoms with Crippen LogP contribution in [0.2, 0.25) is 0 Å². The van der Waals surface area contributed by atoms with Gasteiger partial charge in [0.1, 0.15) is 0 Å². The van der Waals surface area contributed by atoms with Crippen molar-refractivity contribution >= 4 is 5.96 Å². The summed E-state index contributed by atoms with van der Waals surface area (Å²) in [6.07, 6.45) is 2.07. The van der Waals surface area contributed by atoms with Crippen LogP contribution in [-0.2, 0) is 4.74 Å². The van der Waals surface area contributed by atoms with Crippen LogP contribution in [-0.4, -0.2) is 43.2 Å². The molecule has 0 amide bonds. The van der Waals surface area contributed by atoms with Crippen molar-refractivity contribution in [1.82, 2.24) is 10.3 Å². The van der Waals surface area contributed by atoms with Crippen LogP contribution < -0.4 is 11.3 Å². The molecule has 1 aliphatic heterocycles. The first-order valence-electron chi connectivity index (χ1n) is 5.50. The predicted molar refractivity (Wildman–Crippen MR) is 61.5 cm³/mol. The van der Waals surface area contributed by atoms with E-state index in [1.165, 1.54) is 0 Å². The van der Waals surface area contributed by atoms with Gasteiger partial charge in [-0.1, -0.05) is 0 Å². The lowest BCUT2D eigenvalue weighted by atomic mass is 10.1. The third-order valence-corrected chi connectivity index (χ3v) is 2.58. The molecule has 5 heteroatoms. The molecule has 0 aliphatic carbocycles. The Morgan fingerprint density at radius 3 is 2.53 bits per heavy atom. The van der Waals surface area contributed by atoms with Crippen LogP contribution in [0.25, 0.3) is 0 Å². The molecule has 0 unspecified atom stereocenters. The third kappa shape index (κ3) is 3.68. The number of ether oxygens (including phenoxy) is 1. The number of hydrazine groups is 1. The number of hydrogen-bond donors (Lipinski definition) is 2. The number of nitrogens with one attached hydrogen (secondary N) is 1. The van der Waals surface area contributed by atoms with Gasteiger partial charge >= 0.3 is 0 Å². The molecule has 0 bridgehead atoms. The van der Waals surface area contributed by atoms with Crippen LogP contribution in [0.1, 0.15) is 26.7 Å². The van der Waals surface area contributed by atoms with E-state index in [9.17, 15) is 0 Å². The Labute approximate surface area is 91.6 Å². The van der Waals surface area contributed by atoms with Crippen molar-refractivity contribution in [2.75, 3.05) is 20.3 Å². The second-order valence-corrected chi connectivity index (χ2v) is 4.15. The number of nitrogens with zero attached hydrogens (tertiary/aromatic N) is 2.